The summed E-state index contributed by atoms with van der Waals surface area (Å²) in [7, 11) is 0. The molecule has 0 spiro atoms. The van der Waals surface area contributed by atoms with E-state index >= 15 is 0 Å². The molecule has 2 aromatic rings. The van der Waals surface area contributed by atoms with Gasteiger partial charge in [0, 0.05) is 18.2 Å². The minimum Gasteiger partial charge on any atom is -0.317 e. The summed E-state index contributed by atoms with van der Waals surface area (Å²) in [5.74, 6) is -12.3. The zero-order chi connectivity index (χ0) is 18.7. The van der Waals surface area contributed by atoms with E-state index in [-0.39, 0.29) is 11.3 Å². The zero-order valence-electron chi connectivity index (χ0n) is 12.0. The van der Waals surface area contributed by atoms with Crippen LogP contribution in [0.5, 0.6) is 0 Å². The van der Waals surface area contributed by atoms with Gasteiger partial charge in [0.2, 0.25) is 11.7 Å². The number of hydrogen-bond acceptors (Lipinski definition) is 3. The van der Waals surface area contributed by atoms with Gasteiger partial charge in [0.05, 0.1) is 4.92 Å². The molecule has 2 rings (SSSR count). The molecular weight excluding hydrogens is 351 g/mol. The molecule has 0 heterocycles. The third-order valence-electron chi connectivity index (χ3n) is 2.97. The SMILES string of the molecule is O=C(/C=C/c1cccc([N+](=O)[O-])c1)Nc1c(F)c(F)c(F)c(F)c1F. The number of rotatable bonds is 4. The van der Waals surface area contributed by atoms with Gasteiger partial charge in [0.15, 0.2) is 23.3 Å². The van der Waals surface area contributed by atoms with Gasteiger partial charge in [-0.25, -0.2) is 22.0 Å². The van der Waals surface area contributed by atoms with Crippen molar-refractivity contribution in [3.8, 4) is 0 Å². The number of carbonyl (C=O) groups excluding carboxylic acids is 1. The van der Waals surface area contributed by atoms with Gasteiger partial charge in [-0.3, -0.25) is 14.9 Å². The Hall–Kier alpha value is -3.30. The van der Waals surface area contributed by atoms with Crippen LogP contribution in [0.15, 0.2) is 30.3 Å². The number of halogens is 5. The minimum atomic E-state index is -2.35. The average Bonchev–Trinajstić information content (AvgIpc) is 2.60. The highest BCUT2D eigenvalue weighted by atomic mass is 19.2. The van der Waals surface area contributed by atoms with Crippen molar-refractivity contribution < 1.29 is 31.7 Å². The first-order valence-corrected chi connectivity index (χ1v) is 6.47. The van der Waals surface area contributed by atoms with Crippen LogP contribution >= 0.6 is 0 Å². The number of nitro benzene ring substituents is 1. The van der Waals surface area contributed by atoms with Crippen molar-refractivity contribution in [2.75, 3.05) is 5.32 Å². The van der Waals surface area contributed by atoms with E-state index in [0.717, 1.165) is 18.2 Å². The van der Waals surface area contributed by atoms with Gasteiger partial charge in [-0.05, 0) is 11.6 Å². The van der Waals surface area contributed by atoms with Crippen LogP contribution in [0.25, 0.3) is 6.08 Å². The fourth-order valence-electron chi connectivity index (χ4n) is 1.79. The predicted molar refractivity (Wildman–Crippen MR) is 77.0 cm³/mol. The molecule has 0 unspecified atom stereocenters. The summed E-state index contributed by atoms with van der Waals surface area (Å²) in [5.41, 5.74) is -1.55. The van der Waals surface area contributed by atoms with Crippen LogP contribution < -0.4 is 5.32 Å². The van der Waals surface area contributed by atoms with Crippen LogP contribution in [0.2, 0.25) is 0 Å². The van der Waals surface area contributed by atoms with Gasteiger partial charge < -0.3 is 5.32 Å². The first-order chi connectivity index (χ1) is 11.7. The molecule has 0 saturated carbocycles. The van der Waals surface area contributed by atoms with Crippen LogP contribution in [0.4, 0.5) is 33.3 Å². The Morgan fingerprint density at radius 1 is 1.00 bits per heavy atom. The van der Waals surface area contributed by atoms with E-state index in [1.54, 1.807) is 0 Å². The quantitative estimate of drug-likeness (QED) is 0.225. The van der Waals surface area contributed by atoms with Crippen LogP contribution in [0, 0.1) is 39.2 Å². The lowest BCUT2D eigenvalue weighted by Gasteiger charge is -2.08. The standard InChI is InChI=1S/C15H7F5N2O3/c16-10-11(17)13(19)15(14(20)12(10)18)21-9(23)5-4-7-2-1-3-8(6-7)22(24)25/h1-6H,(H,21,23)/b5-4+. The van der Waals surface area contributed by atoms with Crippen molar-refractivity contribution in [1.29, 1.82) is 0 Å². The maximum atomic E-state index is 13.4. The topological polar surface area (TPSA) is 72.2 Å². The molecule has 1 N–H and O–H groups in total. The highest BCUT2D eigenvalue weighted by Crippen LogP contribution is 2.27. The number of nitro groups is 1. The molecule has 130 valence electrons. The number of nitrogens with one attached hydrogen (secondary N) is 1. The molecule has 0 aliphatic heterocycles. The van der Waals surface area contributed by atoms with E-state index in [0.29, 0.717) is 0 Å². The molecule has 1 amide bonds. The zero-order valence-corrected chi connectivity index (χ0v) is 12.0. The Kier molecular flexibility index (Phi) is 5.11. The Labute approximate surface area is 136 Å². The second-order valence-electron chi connectivity index (χ2n) is 4.62. The van der Waals surface area contributed by atoms with E-state index in [2.05, 4.69) is 0 Å². The number of anilines is 1. The summed E-state index contributed by atoms with van der Waals surface area (Å²) < 4.78 is 65.8. The number of nitrogens with zero attached hydrogens (tertiary/aromatic N) is 1. The van der Waals surface area contributed by atoms with Crippen molar-refractivity contribution in [1.82, 2.24) is 0 Å². The van der Waals surface area contributed by atoms with Crippen molar-refractivity contribution in [3.63, 3.8) is 0 Å². The van der Waals surface area contributed by atoms with E-state index in [4.69, 9.17) is 0 Å². The average molecular weight is 358 g/mol. The highest BCUT2D eigenvalue weighted by molar-refractivity contribution is 6.02. The molecule has 0 saturated heterocycles. The van der Waals surface area contributed by atoms with Gasteiger partial charge in [0.1, 0.15) is 5.69 Å². The largest absolute Gasteiger partial charge is 0.317 e. The molecule has 25 heavy (non-hydrogen) atoms. The Balaban J connectivity index is 2.24. The Morgan fingerprint density at radius 3 is 2.12 bits per heavy atom. The van der Waals surface area contributed by atoms with Crippen molar-refractivity contribution >= 4 is 23.4 Å². The molecule has 5 nitrogen and oxygen atoms in total. The number of carbonyl (C=O) groups is 1. The van der Waals surface area contributed by atoms with Crippen LogP contribution in [0.1, 0.15) is 5.56 Å². The fourth-order valence-corrected chi connectivity index (χ4v) is 1.79. The summed E-state index contributed by atoms with van der Waals surface area (Å²) in [4.78, 5) is 21.6. The van der Waals surface area contributed by atoms with E-state index < -0.39 is 45.6 Å². The van der Waals surface area contributed by atoms with Crippen molar-refractivity contribution in [2.24, 2.45) is 0 Å². The van der Waals surface area contributed by atoms with Gasteiger partial charge in [-0.2, -0.15) is 0 Å². The summed E-state index contributed by atoms with van der Waals surface area (Å²) in [6, 6.07) is 5.05. The highest BCUT2D eigenvalue weighted by Gasteiger charge is 2.26. The lowest BCUT2D eigenvalue weighted by molar-refractivity contribution is -0.384. The summed E-state index contributed by atoms with van der Waals surface area (Å²) in [5, 5.41) is 12.2. The molecule has 0 bridgehead atoms. The predicted octanol–water partition coefficient (Wildman–Crippen LogP) is 3.94. The number of amides is 1. The van der Waals surface area contributed by atoms with Gasteiger partial charge >= 0.3 is 0 Å². The third kappa shape index (κ3) is 3.79. The summed E-state index contributed by atoms with van der Waals surface area (Å²) >= 11 is 0. The van der Waals surface area contributed by atoms with Gasteiger partial charge in [-0.1, -0.05) is 12.1 Å². The molecule has 0 atom stereocenters. The molecule has 0 fully saturated rings. The molecule has 0 aromatic heterocycles. The molecule has 0 aliphatic rings. The second kappa shape index (κ2) is 7.07. The molecule has 10 heteroatoms. The smallest absolute Gasteiger partial charge is 0.270 e. The number of non-ortho nitro benzene ring substituents is 1. The lowest BCUT2D eigenvalue weighted by atomic mass is 10.2. The van der Waals surface area contributed by atoms with Crippen LogP contribution in [0.3, 0.4) is 0 Å². The first-order valence-electron chi connectivity index (χ1n) is 6.47. The third-order valence-corrected chi connectivity index (χ3v) is 2.97. The Morgan fingerprint density at radius 2 is 1.56 bits per heavy atom. The number of benzene rings is 2. The van der Waals surface area contributed by atoms with Gasteiger partial charge in [-0.15, -0.1) is 0 Å². The summed E-state index contributed by atoms with van der Waals surface area (Å²) in [6.07, 6.45) is 1.78. The molecule has 2 aromatic carbocycles. The van der Waals surface area contributed by atoms with Crippen molar-refractivity contribution in [3.05, 3.63) is 75.1 Å². The Bertz CT molecular complexity index is 870. The van der Waals surface area contributed by atoms with Crippen LogP contribution in [-0.4, -0.2) is 10.8 Å². The van der Waals surface area contributed by atoms with E-state index in [9.17, 15) is 36.9 Å². The maximum absolute atomic E-state index is 13.4. The van der Waals surface area contributed by atoms with E-state index in [1.165, 1.54) is 23.5 Å². The normalized spacial score (nSPS) is 10.9. The van der Waals surface area contributed by atoms with Gasteiger partial charge in [0.25, 0.3) is 5.69 Å². The maximum Gasteiger partial charge on any atom is 0.270 e. The molecule has 0 aliphatic carbocycles. The van der Waals surface area contributed by atoms with E-state index in [1.807, 2.05) is 0 Å². The van der Waals surface area contributed by atoms with Crippen LogP contribution in [-0.2, 0) is 4.79 Å². The first kappa shape index (κ1) is 18.0. The fraction of sp³-hybridized carbons (Fsp3) is 0. The van der Waals surface area contributed by atoms with Crippen molar-refractivity contribution in [2.45, 2.75) is 0 Å². The second-order valence-corrected chi connectivity index (χ2v) is 4.62. The molecule has 0 radical (unpaired) electrons. The lowest BCUT2D eigenvalue weighted by Crippen LogP contribution is -2.14. The monoisotopic (exact) mass is 358 g/mol. The minimum absolute atomic E-state index is 0.210. The summed E-state index contributed by atoms with van der Waals surface area (Å²) in [6.45, 7) is 0. The molecular formula is C15H7F5N2O3. The number of hydrogen-bond donors (Lipinski definition) is 1.